The van der Waals surface area contributed by atoms with Crippen molar-refractivity contribution in [2.24, 2.45) is 0 Å². The van der Waals surface area contributed by atoms with E-state index < -0.39 is 0 Å². The summed E-state index contributed by atoms with van der Waals surface area (Å²) in [7, 11) is 0. The maximum atomic E-state index is 12.8. The third-order valence-corrected chi connectivity index (χ3v) is 4.56. The van der Waals surface area contributed by atoms with Gasteiger partial charge in [-0.1, -0.05) is 18.2 Å². The lowest BCUT2D eigenvalue weighted by atomic mass is 10.1. The molecule has 2 aromatic carbocycles. The molecule has 124 valence electrons. The first kappa shape index (κ1) is 14.9. The van der Waals surface area contributed by atoms with Gasteiger partial charge in [-0.25, -0.2) is 0 Å². The Bertz CT molecular complexity index is 767. The van der Waals surface area contributed by atoms with E-state index in [9.17, 15) is 4.79 Å². The Labute approximate surface area is 141 Å². The number of carbonyl (C=O) groups excluding carboxylic acids is 1. The van der Waals surface area contributed by atoms with E-state index in [2.05, 4.69) is 36.1 Å². The number of benzene rings is 2. The van der Waals surface area contributed by atoms with Crippen LogP contribution in [-0.4, -0.2) is 43.8 Å². The number of piperazine rings is 1. The van der Waals surface area contributed by atoms with Crippen LogP contribution in [0.4, 0.5) is 5.69 Å². The Hall–Kier alpha value is -2.69. The van der Waals surface area contributed by atoms with Crippen molar-refractivity contribution in [3.05, 3.63) is 53.6 Å². The highest BCUT2D eigenvalue weighted by atomic mass is 16.7. The number of fused-ring (bicyclic) bond motifs is 1. The first-order valence-corrected chi connectivity index (χ1v) is 8.22. The third kappa shape index (κ3) is 2.66. The van der Waals surface area contributed by atoms with Gasteiger partial charge < -0.3 is 19.3 Å². The number of amides is 1. The highest BCUT2D eigenvalue weighted by molar-refractivity contribution is 5.98. The normalized spacial score (nSPS) is 16.4. The molecule has 0 aliphatic carbocycles. The summed E-state index contributed by atoms with van der Waals surface area (Å²) in [5.74, 6) is 1.24. The molecule has 1 saturated heterocycles. The van der Waals surface area contributed by atoms with Gasteiger partial charge in [0.1, 0.15) is 0 Å². The quantitative estimate of drug-likeness (QED) is 0.852. The lowest BCUT2D eigenvalue weighted by molar-refractivity contribution is 0.0742. The number of nitrogens with zero attached hydrogens (tertiary/aromatic N) is 2. The summed E-state index contributed by atoms with van der Waals surface area (Å²) in [6.45, 7) is 5.36. The lowest BCUT2D eigenvalue weighted by Gasteiger charge is -2.36. The van der Waals surface area contributed by atoms with Gasteiger partial charge in [-0.15, -0.1) is 0 Å². The van der Waals surface area contributed by atoms with Gasteiger partial charge in [-0.2, -0.15) is 0 Å². The Morgan fingerprint density at radius 3 is 2.58 bits per heavy atom. The first-order chi connectivity index (χ1) is 11.7. The second kappa shape index (κ2) is 6.07. The highest BCUT2D eigenvalue weighted by Crippen LogP contribution is 2.36. The Morgan fingerprint density at radius 1 is 1.00 bits per heavy atom. The van der Waals surface area contributed by atoms with E-state index in [1.165, 1.54) is 11.3 Å². The van der Waals surface area contributed by atoms with E-state index in [0.29, 0.717) is 30.2 Å². The maximum Gasteiger partial charge on any atom is 0.257 e. The van der Waals surface area contributed by atoms with Gasteiger partial charge >= 0.3 is 0 Å². The van der Waals surface area contributed by atoms with Crippen LogP contribution in [0.25, 0.3) is 0 Å². The zero-order chi connectivity index (χ0) is 16.5. The fourth-order valence-electron chi connectivity index (χ4n) is 3.26. The number of hydrogen-bond acceptors (Lipinski definition) is 4. The van der Waals surface area contributed by atoms with Crippen molar-refractivity contribution in [2.45, 2.75) is 6.92 Å². The van der Waals surface area contributed by atoms with Crippen LogP contribution in [0.15, 0.2) is 42.5 Å². The van der Waals surface area contributed by atoms with Crippen molar-refractivity contribution in [2.75, 3.05) is 37.9 Å². The lowest BCUT2D eigenvalue weighted by Crippen LogP contribution is -2.48. The van der Waals surface area contributed by atoms with Crippen molar-refractivity contribution in [1.29, 1.82) is 0 Å². The molecule has 2 heterocycles. The average molecular weight is 324 g/mol. The molecule has 0 aromatic heterocycles. The molecule has 4 rings (SSSR count). The van der Waals surface area contributed by atoms with Crippen LogP contribution in [0.2, 0.25) is 0 Å². The molecular weight excluding hydrogens is 304 g/mol. The maximum absolute atomic E-state index is 12.8. The zero-order valence-electron chi connectivity index (χ0n) is 13.7. The minimum Gasteiger partial charge on any atom is -0.454 e. The SMILES string of the molecule is Cc1cccc(N2CCN(C(=O)c3cccc4c3OCO4)CC2)c1. The molecule has 1 fully saturated rings. The predicted octanol–water partition coefficient (Wildman–Crippen LogP) is 2.69. The van der Waals surface area contributed by atoms with Gasteiger partial charge in [0.25, 0.3) is 5.91 Å². The summed E-state index contributed by atoms with van der Waals surface area (Å²) in [6, 6.07) is 14.0. The molecule has 0 bridgehead atoms. The van der Waals surface area contributed by atoms with Crippen LogP contribution < -0.4 is 14.4 Å². The molecule has 0 atom stereocenters. The van der Waals surface area contributed by atoms with Crippen LogP contribution in [0.5, 0.6) is 11.5 Å². The Morgan fingerprint density at radius 2 is 1.79 bits per heavy atom. The topological polar surface area (TPSA) is 42.0 Å². The molecule has 0 unspecified atom stereocenters. The van der Waals surface area contributed by atoms with E-state index in [0.717, 1.165) is 13.1 Å². The number of aryl methyl sites for hydroxylation is 1. The summed E-state index contributed by atoms with van der Waals surface area (Å²) in [6.07, 6.45) is 0. The fraction of sp³-hybridized carbons (Fsp3) is 0.316. The first-order valence-electron chi connectivity index (χ1n) is 8.22. The number of anilines is 1. The number of rotatable bonds is 2. The molecule has 1 amide bonds. The zero-order valence-corrected chi connectivity index (χ0v) is 13.7. The predicted molar refractivity (Wildman–Crippen MR) is 91.9 cm³/mol. The Balaban J connectivity index is 1.46. The molecular formula is C19H20N2O3. The number of carbonyl (C=O) groups is 1. The van der Waals surface area contributed by atoms with Gasteiger partial charge in [0.15, 0.2) is 11.5 Å². The Kier molecular flexibility index (Phi) is 3.76. The van der Waals surface area contributed by atoms with E-state index in [1.54, 1.807) is 0 Å². The second-order valence-electron chi connectivity index (χ2n) is 6.16. The van der Waals surface area contributed by atoms with Crippen LogP contribution >= 0.6 is 0 Å². The second-order valence-corrected chi connectivity index (χ2v) is 6.16. The van der Waals surface area contributed by atoms with Crippen molar-refractivity contribution >= 4 is 11.6 Å². The summed E-state index contributed by atoms with van der Waals surface area (Å²) in [4.78, 5) is 17.0. The van der Waals surface area contributed by atoms with Crippen molar-refractivity contribution in [3.63, 3.8) is 0 Å². The van der Waals surface area contributed by atoms with E-state index in [4.69, 9.17) is 9.47 Å². The molecule has 2 aromatic rings. The smallest absolute Gasteiger partial charge is 0.257 e. The van der Waals surface area contributed by atoms with Gasteiger partial charge in [-0.05, 0) is 36.8 Å². The number of ether oxygens (including phenoxy) is 2. The van der Waals surface area contributed by atoms with Gasteiger partial charge in [-0.3, -0.25) is 4.79 Å². The molecule has 2 aliphatic rings. The van der Waals surface area contributed by atoms with E-state index in [-0.39, 0.29) is 12.7 Å². The van der Waals surface area contributed by atoms with Crippen LogP contribution in [0.1, 0.15) is 15.9 Å². The third-order valence-electron chi connectivity index (χ3n) is 4.56. The molecule has 24 heavy (non-hydrogen) atoms. The molecule has 0 radical (unpaired) electrons. The number of hydrogen-bond donors (Lipinski definition) is 0. The average Bonchev–Trinajstić information content (AvgIpc) is 3.10. The molecule has 0 N–H and O–H groups in total. The van der Waals surface area contributed by atoms with E-state index >= 15 is 0 Å². The minimum absolute atomic E-state index is 0.0150. The van der Waals surface area contributed by atoms with Crippen LogP contribution in [0.3, 0.4) is 0 Å². The standard InChI is InChI=1S/C19H20N2O3/c1-14-4-2-5-15(12-14)20-8-10-21(11-9-20)19(22)16-6-3-7-17-18(16)24-13-23-17/h2-7,12H,8-11,13H2,1H3. The van der Waals surface area contributed by atoms with Crippen molar-refractivity contribution in [3.8, 4) is 11.5 Å². The largest absolute Gasteiger partial charge is 0.454 e. The summed E-state index contributed by atoms with van der Waals surface area (Å²) >= 11 is 0. The molecule has 2 aliphatic heterocycles. The molecule has 0 spiro atoms. The number of para-hydroxylation sites is 1. The van der Waals surface area contributed by atoms with Crippen LogP contribution in [0, 0.1) is 6.92 Å². The molecule has 5 heteroatoms. The summed E-state index contributed by atoms with van der Waals surface area (Å²) < 4.78 is 10.8. The van der Waals surface area contributed by atoms with Crippen LogP contribution in [-0.2, 0) is 0 Å². The highest BCUT2D eigenvalue weighted by Gasteiger charge is 2.27. The van der Waals surface area contributed by atoms with Gasteiger partial charge in [0.05, 0.1) is 5.56 Å². The van der Waals surface area contributed by atoms with Gasteiger partial charge in [0, 0.05) is 31.9 Å². The minimum atomic E-state index is 0.0150. The fourth-order valence-corrected chi connectivity index (χ4v) is 3.26. The van der Waals surface area contributed by atoms with Gasteiger partial charge in [0.2, 0.25) is 6.79 Å². The summed E-state index contributed by atoms with van der Waals surface area (Å²) in [5.41, 5.74) is 3.07. The van der Waals surface area contributed by atoms with E-state index in [1.807, 2.05) is 23.1 Å². The summed E-state index contributed by atoms with van der Waals surface area (Å²) in [5, 5.41) is 0. The monoisotopic (exact) mass is 324 g/mol. The molecule has 5 nitrogen and oxygen atoms in total. The molecule has 0 saturated carbocycles. The van der Waals surface area contributed by atoms with Crippen molar-refractivity contribution < 1.29 is 14.3 Å². The van der Waals surface area contributed by atoms with Crippen molar-refractivity contribution in [1.82, 2.24) is 4.90 Å².